The summed E-state index contributed by atoms with van der Waals surface area (Å²) in [6, 6.07) is 2.42. The Hall–Kier alpha value is -2.57. The summed E-state index contributed by atoms with van der Waals surface area (Å²) in [5, 5.41) is 6.99. The average molecular weight is 513 g/mol. The largest absolute Gasteiger partial charge is 0.444 e. The van der Waals surface area contributed by atoms with Crippen molar-refractivity contribution in [3.8, 4) is 0 Å². The smallest absolute Gasteiger partial charge is 0.407 e. The molecule has 1 aromatic heterocycles. The predicted octanol–water partition coefficient (Wildman–Crippen LogP) is 3.10. The van der Waals surface area contributed by atoms with Crippen LogP contribution in [-0.2, 0) is 32.6 Å². The van der Waals surface area contributed by atoms with Crippen LogP contribution in [0.2, 0.25) is 0 Å². The highest BCUT2D eigenvalue weighted by Crippen LogP contribution is 2.40. The second-order valence-electron chi connectivity index (χ2n) is 10.4. The highest BCUT2D eigenvalue weighted by Gasteiger charge is 2.46. The number of carbonyl (C=O) groups is 1. The van der Waals surface area contributed by atoms with Gasteiger partial charge in [-0.2, -0.15) is 9.19 Å². The zero-order valence-corrected chi connectivity index (χ0v) is 21.2. The van der Waals surface area contributed by atoms with Gasteiger partial charge in [-0.15, -0.1) is 0 Å². The lowest BCUT2D eigenvalue weighted by Crippen LogP contribution is -2.58. The van der Waals surface area contributed by atoms with E-state index in [0.29, 0.717) is 25.2 Å². The molecule has 3 atom stereocenters. The van der Waals surface area contributed by atoms with Crippen molar-refractivity contribution in [3.05, 3.63) is 52.9 Å². The first-order valence-corrected chi connectivity index (χ1v) is 13.1. The normalized spacial score (nSPS) is 25.3. The zero-order chi connectivity index (χ0) is 25.8. The second kappa shape index (κ2) is 8.82. The van der Waals surface area contributed by atoms with Crippen LogP contribution in [0.3, 0.4) is 0 Å². The first-order chi connectivity index (χ1) is 16.1. The predicted molar refractivity (Wildman–Crippen MR) is 123 cm³/mol. The summed E-state index contributed by atoms with van der Waals surface area (Å²) in [6.07, 6.45) is 1.32. The first kappa shape index (κ1) is 25.5. The molecule has 1 unspecified atom stereocenters. The van der Waals surface area contributed by atoms with E-state index in [0.717, 1.165) is 34.1 Å². The van der Waals surface area contributed by atoms with Gasteiger partial charge in [-0.25, -0.2) is 22.0 Å². The molecule has 1 aromatic carbocycles. The van der Waals surface area contributed by atoms with E-state index in [2.05, 4.69) is 15.3 Å². The van der Waals surface area contributed by atoms with E-state index >= 15 is 0 Å². The monoisotopic (exact) mass is 512 g/mol. The van der Waals surface area contributed by atoms with E-state index in [4.69, 9.17) is 9.47 Å². The summed E-state index contributed by atoms with van der Waals surface area (Å²) in [5.74, 6) is -1.24. The fourth-order valence-corrected chi connectivity index (χ4v) is 5.12. The molecular weight excluding hydrogens is 482 g/mol. The van der Waals surface area contributed by atoms with E-state index in [9.17, 15) is 22.0 Å². The molecule has 1 fully saturated rings. The van der Waals surface area contributed by atoms with Gasteiger partial charge >= 0.3 is 6.09 Å². The lowest BCUT2D eigenvalue weighted by Gasteiger charge is -2.47. The van der Waals surface area contributed by atoms with Crippen molar-refractivity contribution < 1.29 is 31.5 Å². The van der Waals surface area contributed by atoms with Crippen molar-refractivity contribution >= 4 is 16.1 Å². The highest BCUT2D eigenvalue weighted by atomic mass is 32.2. The molecule has 192 valence electrons. The van der Waals surface area contributed by atoms with E-state index in [1.165, 1.54) is 6.20 Å². The van der Waals surface area contributed by atoms with Crippen LogP contribution in [0.4, 0.5) is 13.6 Å². The Bertz CT molecular complexity index is 1220. The van der Waals surface area contributed by atoms with Crippen LogP contribution in [0, 0.1) is 11.6 Å². The van der Waals surface area contributed by atoms with Gasteiger partial charge in [0.1, 0.15) is 23.3 Å². The Kier molecular flexibility index (Phi) is 6.43. The zero-order valence-electron chi connectivity index (χ0n) is 20.3. The van der Waals surface area contributed by atoms with Crippen LogP contribution in [-0.4, -0.2) is 58.6 Å². The number of aromatic nitrogens is 2. The molecule has 2 aromatic rings. The van der Waals surface area contributed by atoms with Crippen LogP contribution in [0.15, 0.2) is 24.4 Å². The van der Waals surface area contributed by atoms with Crippen molar-refractivity contribution in [2.24, 2.45) is 0 Å². The lowest BCUT2D eigenvalue weighted by molar-refractivity contribution is -0.104. The summed E-state index contributed by atoms with van der Waals surface area (Å²) < 4.78 is 64.7. The summed E-state index contributed by atoms with van der Waals surface area (Å²) in [4.78, 5) is 14.7. The fraction of sp³-hybridized carbons (Fsp3) is 0.565. The minimum absolute atomic E-state index is 0.0160. The minimum Gasteiger partial charge on any atom is -0.444 e. The number of carbonyl (C=O) groups excluding carboxylic acids is 1. The van der Waals surface area contributed by atoms with Gasteiger partial charge in [0.15, 0.2) is 0 Å². The Morgan fingerprint density at radius 3 is 2.63 bits per heavy atom. The van der Waals surface area contributed by atoms with Gasteiger partial charge in [-0.05, 0) is 52.3 Å². The van der Waals surface area contributed by atoms with Gasteiger partial charge < -0.3 is 14.8 Å². The molecule has 2 aliphatic rings. The van der Waals surface area contributed by atoms with Crippen molar-refractivity contribution in [2.75, 3.05) is 12.9 Å². The number of alkyl carbamates (subject to hydrolysis) is 1. The maximum Gasteiger partial charge on any atom is 0.407 e. The first-order valence-electron chi connectivity index (χ1n) is 11.2. The van der Waals surface area contributed by atoms with Gasteiger partial charge in [-0.1, -0.05) is 0 Å². The third-order valence-electron chi connectivity index (χ3n) is 6.23. The number of nitrogens with zero attached hydrogens (tertiary/aromatic N) is 3. The number of amides is 1. The van der Waals surface area contributed by atoms with Crippen LogP contribution < -0.4 is 5.32 Å². The SMILES string of the molecule is CC(C)(C)OC(=O)N[C@H]1CC(C)(N2Cc3cn(S(C)(=O)=O)nc3C2)CO[C@@H]1c1cc(F)ccc1F. The van der Waals surface area contributed by atoms with Crippen LogP contribution in [0.25, 0.3) is 0 Å². The number of halogens is 2. The van der Waals surface area contributed by atoms with Crippen LogP contribution in [0.1, 0.15) is 57.0 Å². The van der Waals surface area contributed by atoms with E-state index < -0.39 is 51.0 Å². The molecule has 12 heteroatoms. The lowest BCUT2D eigenvalue weighted by atomic mass is 9.84. The summed E-state index contributed by atoms with van der Waals surface area (Å²) in [5.41, 5.74) is 0.0923. The summed E-state index contributed by atoms with van der Waals surface area (Å²) in [6.45, 7) is 8.14. The van der Waals surface area contributed by atoms with E-state index in [1.54, 1.807) is 20.8 Å². The maximum atomic E-state index is 14.6. The molecule has 1 amide bonds. The van der Waals surface area contributed by atoms with Gasteiger partial charge in [0.05, 0.1) is 24.6 Å². The third-order valence-corrected chi connectivity index (χ3v) is 7.09. The standard InChI is InChI=1S/C23H30F2N4O5S/c1-22(2,3)34-21(30)26-18-9-23(4,13-33-20(18)16-8-15(24)6-7-17(16)25)28-10-14-11-29(35(5,31)32)27-19(14)12-28/h6-8,11,18,20H,9-10,12-13H2,1-5H3,(H,26,30)/t18-,20+,23?/m0/s1. The van der Waals surface area contributed by atoms with Crippen molar-refractivity contribution in [2.45, 2.75) is 70.5 Å². The van der Waals surface area contributed by atoms with Gasteiger partial charge in [-0.3, -0.25) is 4.90 Å². The molecule has 0 bridgehead atoms. The number of benzene rings is 1. The Morgan fingerprint density at radius 1 is 1.29 bits per heavy atom. The number of ether oxygens (including phenoxy) is 2. The van der Waals surface area contributed by atoms with Gasteiger partial charge in [0, 0.05) is 36.0 Å². The molecule has 9 nitrogen and oxygen atoms in total. The number of rotatable bonds is 4. The number of fused-ring (bicyclic) bond motifs is 1. The number of nitrogens with one attached hydrogen (secondary N) is 1. The summed E-state index contributed by atoms with van der Waals surface area (Å²) in [7, 11) is -3.49. The molecule has 1 saturated heterocycles. The topological polar surface area (TPSA) is 103 Å². The van der Waals surface area contributed by atoms with Gasteiger partial charge in [0.2, 0.25) is 0 Å². The highest BCUT2D eigenvalue weighted by molar-refractivity contribution is 7.89. The molecular formula is C23H30F2N4O5S. The molecule has 0 aliphatic carbocycles. The molecule has 35 heavy (non-hydrogen) atoms. The third kappa shape index (κ3) is 5.49. The Balaban J connectivity index is 1.58. The van der Waals surface area contributed by atoms with Gasteiger partial charge in [0.25, 0.3) is 10.0 Å². The quantitative estimate of drug-likeness (QED) is 0.672. The van der Waals surface area contributed by atoms with Crippen LogP contribution in [0.5, 0.6) is 0 Å². The molecule has 4 rings (SSSR count). The molecule has 2 aliphatic heterocycles. The van der Waals surface area contributed by atoms with Crippen molar-refractivity contribution in [1.82, 2.24) is 19.4 Å². The number of hydrogen-bond donors (Lipinski definition) is 1. The minimum atomic E-state index is -3.49. The second-order valence-corrected chi connectivity index (χ2v) is 12.3. The van der Waals surface area contributed by atoms with Crippen molar-refractivity contribution in [1.29, 1.82) is 0 Å². The average Bonchev–Trinajstić information content (AvgIpc) is 3.29. The number of hydrogen-bond acceptors (Lipinski definition) is 7. The summed E-state index contributed by atoms with van der Waals surface area (Å²) >= 11 is 0. The maximum absolute atomic E-state index is 14.6. The van der Waals surface area contributed by atoms with Crippen LogP contribution >= 0.6 is 0 Å². The Labute approximate surface area is 203 Å². The van der Waals surface area contributed by atoms with E-state index in [-0.39, 0.29) is 12.2 Å². The molecule has 0 saturated carbocycles. The Morgan fingerprint density at radius 2 is 2.00 bits per heavy atom. The molecule has 3 heterocycles. The molecule has 0 spiro atoms. The molecule has 1 N–H and O–H groups in total. The van der Waals surface area contributed by atoms with E-state index in [1.807, 2.05) is 6.92 Å². The fourth-order valence-electron chi connectivity index (χ4n) is 4.55. The van der Waals surface area contributed by atoms with Crippen molar-refractivity contribution in [3.63, 3.8) is 0 Å². The molecule has 0 radical (unpaired) electrons.